The van der Waals surface area contributed by atoms with Gasteiger partial charge in [-0.15, -0.1) is 0 Å². The van der Waals surface area contributed by atoms with Gasteiger partial charge in [-0.2, -0.15) is 0 Å². The number of carbonyl (C=O) groups is 3. The Morgan fingerprint density at radius 2 is 1.74 bits per heavy atom. The molecular formula is C26H32N2O7. The molecule has 0 spiro atoms. The number of ether oxygens (including phenoxy) is 4. The van der Waals surface area contributed by atoms with E-state index in [2.05, 4.69) is 5.32 Å². The lowest BCUT2D eigenvalue weighted by atomic mass is 10.1. The van der Waals surface area contributed by atoms with Crippen LogP contribution in [0.2, 0.25) is 0 Å². The predicted molar refractivity (Wildman–Crippen MR) is 129 cm³/mol. The number of rotatable bonds is 11. The molecule has 3 rings (SSSR count). The number of hydrogen-bond acceptors (Lipinski definition) is 7. The molecule has 1 heterocycles. The number of likely N-dealkylation sites (tertiary alicyclic amines) is 1. The summed E-state index contributed by atoms with van der Waals surface area (Å²) in [5.41, 5.74) is 1.07. The molecule has 0 aliphatic carbocycles. The van der Waals surface area contributed by atoms with Crippen molar-refractivity contribution in [2.24, 2.45) is 0 Å². The van der Waals surface area contributed by atoms with Gasteiger partial charge in [-0.1, -0.05) is 12.1 Å². The molecule has 2 amide bonds. The molecule has 1 saturated heterocycles. The highest BCUT2D eigenvalue weighted by Gasteiger charge is 2.19. The van der Waals surface area contributed by atoms with Crippen LogP contribution in [0.1, 0.15) is 42.1 Å². The summed E-state index contributed by atoms with van der Waals surface area (Å²) in [4.78, 5) is 38.8. The van der Waals surface area contributed by atoms with Crippen molar-refractivity contribution in [2.45, 2.75) is 32.7 Å². The van der Waals surface area contributed by atoms with Crippen LogP contribution in [0.25, 0.3) is 0 Å². The van der Waals surface area contributed by atoms with Crippen LogP contribution in [-0.4, -0.2) is 62.7 Å². The van der Waals surface area contributed by atoms with Crippen LogP contribution in [0.5, 0.6) is 17.2 Å². The summed E-state index contributed by atoms with van der Waals surface area (Å²) in [6, 6.07) is 11.9. The molecule has 1 aliphatic rings. The molecule has 0 unspecified atom stereocenters. The maximum Gasteiger partial charge on any atom is 0.338 e. The Kier molecular flexibility index (Phi) is 9.77. The molecule has 0 bridgehead atoms. The molecule has 2 aromatic carbocycles. The Hall–Kier alpha value is -3.75. The number of methoxy groups -OCH3 is 1. The van der Waals surface area contributed by atoms with E-state index in [1.165, 1.54) is 12.1 Å². The first-order valence-corrected chi connectivity index (χ1v) is 11.7. The number of amides is 2. The molecule has 2 aromatic rings. The normalized spacial score (nSPS) is 13.0. The van der Waals surface area contributed by atoms with Crippen LogP contribution in [0.15, 0.2) is 42.5 Å². The van der Waals surface area contributed by atoms with Gasteiger partial charge in [-0.3, -0.25) is 9.59 Å². The molecule has 0 aromatic heterocycles. The first-order valence-electron chi connectivity index (χ1n) is 11.7. The summed E-state index contributed by atoms with van der Waals surface area (Å²) in [5.74, 6) is 0.216. The average Bonchev–Trinajstić information content (AvgIpc) is 2.90. The van der Waals surface area contributed by atoms with Gasteiger partial charge in [0.05, 0.1) is 19.3 Å². The molecule has 188 valence electrons. The summed E-state index contributed by atoms with van der Waals surface area (Å²) in [5, 5.41) is 2.70. The summed E-state index contributed by atoms with van der Waals surface area (Å²) < 4.78 is 21.6. The van der Waals surface area contributed by atoms with E-state index in [0.717, 1.165) is 37.9 Å². The summed E-state index contributed by atoms with van der Waals surface area (Å²) in [7, 11) is 1.57. The van der Waals surface area contributed by atoms with Crippen LogP contribution in [0.3, 0.4) is 0 Å². The third kappa shape index (κ3) is 7.91. The van der Waals surface area contributed by atoms with Crippen molar-refractivity contribution >= 4 is 17.8 Å². The van der Waals surface area contributed by atoms with Crippen LogP contribution >= 0.6 is 0 Å². The van der Waals surface area contributed by atoms with Gasteiger partial charge in [-0.25, -0.2) is 4.79 Å². The average molecular weight is 485 g/mol. The van der Waals surface area contributed by atoms with E-state index >= 15 is 0 Å². The van der Waals surface area contributed by atoms with Gasteiger partial charge in [0.2, 0.25) is 0 Å². The highest BCUT2D eigenvalue weighted by molar-refractivity contribution is 5.92. The fourth-order valence-corrected chi connectivity index (χ4v) is 3.65. The molecular weight excluding hydrogens is 452 g/mol. The summed E-state index contributed by atoms with van der Waals surface area (Å²) >= 11 is 0. The second kappa shape index (κ2) is 13.2. The first kappa shape index (κ1) is 25.9. The third-order valence-electron chi connectivity index (χ3n) is 5.50. The number of nitrogens with zero attached hydrogens (tertiary/aromatic N) is 1. The van der Waals surface area contributed by atoms with E-state index in [1.54, 1.807) is 25.0 Å². The zero-order valence-corrected chi connectivity index (χ0v) is 20.2. The van der Waals surface area contributed by atoms with Crippen LogP contribution in [0, 0.1) is 0 Å². The van der Waals surface area contributed by atoms with Crippen LogP contribution < -0.4 is 19.5 Å². The molecule has 35 heavy (non-hydrogen) atoms. The minimum atomic E-state index is -0.668. The lowest BCUT2D eigenvalue weighted by molar-refractivity contribution is -0.134. The second-order valence-electron chi connectivity index (χ2n) is 8.03. The van der Waals surface area contributed by atoms with Gasteiger partial charge >= 0.3 is 5.97 Å². The fourth-order valence-electron chi connectivity index (χ4n) is 3.65. The standard InChI is InChI=1S/C26H32N2O7/c1-3-33-23-15-20(10-11-22(23)34-18-25(30)28-12-5-4-6-13-28)26(31)35-17-24(29)27-16-19-8-7-9-21(14-19)32-2/h7-11,14-15H,3-6,12-13,16-18H2,1-2H3,(H,27,29). The maximum atomic E-state index is 12.5. The topological polar surface area (TPSA) is 103 Å². The Bertz CT molecular complexity index is 1020. The van der Waals surface area contributed by atoms with E-state index < -0.39 is 18.5 Å². The number of carbonyl (C=O) groups excluding carboxylic acids is 3. The van der Waals surface area contributed by atoms with E-state index in [1.807, 2.05) is 24.3 Å². The SMILES string of the molecule is CCOc1cc(C(=O)OCC(=O)NCc2cccc(OC)c2)ccc1OCC(=O)N1CCCCC1. The van der Waals surface area contributed by atoms with Crippen molar-refractivity contribution in [3.8, 4) is 17.2 Å². The van der Waals surface area contributed by atoms with Gasteiger partial charge < -0.3 is 29.2 Å². The van der Waals surface area contributed by atoms with Gasteiger partial charge in [0, 0.05) is 19.6 Å². The highest BCUT2D eigenvalue weighted by Crippen LogP contribution is 2.29. The van der Waals surface area contributed by atoms with Gasteiger partial charge in [0.25, 0.3) is 11.8 Å². The monoisotopic (exact) mass is 484 g/mol. The molecule has 0 radical (unpaired) electrons. The number of piperidine rings is 1. The molecule has 9 heteroatoms. The minimum Gasteiger partial charge on any atom is -0.497 e. The van der Waals surface area contributed by atoms with Crippen molar-refractivity contribution in [3.63, 3.8) is 0 Å². The van der Waals surface area contributed by atoms with Gasteiger partial charge in [-0.05, 0) is 62.1 Å². The fraction of sp³-hybridized carbons (Fsp3) is 0.423. The van der Waals surface area contributed by atoms with E-state index in [4.69, 9.17) is 18.9 Å². The summed E-state index contributed by atoms with van der Waals surface area (Å²) in [6.45, 7) is 3.41. The Morgan fingerprint density at radius 3 is 2.49 bits per heavy atom. The smallest absolute Gasteiger partial charge is 0.338 e. The predicted octanol–water partition coefficient (Wildman–Crippen LogP) is 2.96. The van der Waals surface area contributed by atoms with Crippen molar-refractivity contribution in [1.82, 2.24) is 10.2 Å². The van der Waals surface area contributed by atoms with Crippen LogP contribution in [-0.2, 0) is 20.9 Å². The Labute approximate surface area is 205 Å². The Balaban J connectivity index is 1.51. The van der Waals surface area contributed by atoms with Crippen molar-refractivity contribution < 1.29 is 33.3 Å². The lowest BCUT2D eigenvalue weighted by Gasteiger charge is -2.26. The third-order valence-corrected chi connectivity index (χ3v) is 5.50. The zero-order chi connectivity index (χ0) is 25.0. The molecule has 9 nitrogen and oxygen atoms in total. The zero-order valence-electron chi connectivity index (χ0n) is 20.2. The second-order valence-corrected chi connectivity index (χ2v) is 8.03. The van der Waals surface area contributed by atoms with Gasteiger partial charge in [0.15, 0.2) is 24.7 Å². The van der Waals surface area contributed by atoms with Crippen molar-refractivity contribution in [3.05, 3.63) is 53.6 Å². The largest absolute Gasteiger partial charge is 0.497 e. The Morgan fingerprint density at radius 1 is 0.943 bits per heavy atom. The number of nitrogens with one attached hydrogen (secondary N) is 1. The molecule has 0 saturated carbocycles. The number of hydrogen-bond donors (Lipinski definition) is 1. The maximum absolute atomic E-state index is 12.5. The number of esters is 1. The number of benzene rings is 2. The molecule has 1 fully saturated rings. The lowest BCUT2D eigenvalue weighted by Crippen LogP contribution is -2.38. The van der Waals surface area contributed by atoms with Crippen LogP contribution in [0.4, 0.5) is 0 Å². The summed E-state index contributed by atoms with van der Waals surface area (Å²) in [6.07, 6.45) is 3.15. The van der Waals surface area contributed by atoms with E-state index in [-0.39, 0.29) is 24.6 Å². The van der Waals surface area contributed by atoms with Crippen molar-refractivity contribution in [1.29, 1.82) is 0 Å². The molecule has 1 N–H and O–H groups in total. The molecule has 0 atom stereocenters. The van der Waals surface area contributed by atoms with Gasteiger partial charge in [0.1, 0.15) is 5.75 Å². The van der Waals surface area contributed by atoms with E-state index in [0.29, 0.717) is 23.9 Å². The minimum absolute atomic E-state index is 0.0735. The quantitative estimate of drug-likeness (QED) is 0.489. The highest BCUT2D eigenvalue weighted by atomic mass is 16.5. The van der Waals surface area contributed by atoms with Crippen molar-refractivity contribution in [2.75, 3.05) is 40.0 Å². The molecule has 1 aliphatic heterocycles. The first-order chi connectivity index (χ1) is 17.0. The van der Waals surface area contributed by atoms with E-state index in [9.17, 15) is 14.4 Å².